The van der Waals surface area contributed by atoms with Gasteiger partial charge in [-0.2, -0.15) is 5.10 Å². The zero-order chi connectivity index (χ0) is 22.5. The number of carbonyl (C=O) groups is 1. The average Bonchev–Trinajstić information content (AvgIpc) is 3.56. The van der Waals surface area contributed by atoms with Crippen LogP contribution in [0.25, 0.3) is 16.2 Å². The Bertz CT molecular complexity index is 1390. The first kappa shape index (κ1) is 20.3. The molecule has 3 aromatic heterocycles. The van der Waals surface area contributed by atoms with Crippen LogP contribution < -0.4 is 5.56 Å². The van der Waals surface area contributed by atoms with Crippen molar-refractivity contribution in [2.24, 2.45) is 0 Å². The van der Waals surface area contributed by atoms with E-state index in [-0.39, 0.29) is 11.5 Å². The molecular weight excluding hydrogens is 436 g/mol. The van der Waals surface area contributed by atoms with Crippen LogP contribution in [0.5, 0.6) is 0 Å². The minimum Gasteiger partial charge on any atom is -0.338 e. The first-order valence-electron chi connectivity index (χ1n) is 11.4. The minimum absolute atomic E-state index is 0.0231. The molecule has 8 nitrogen and oxygen atoms in total. The summed E-state index contributed by atoms with van der Waals surface area (Å²) in [5.74, 6) is 0.743. The molecule has 1 fully saturated rings. The van der Waals surface area contributed by atoms with Crippen molar-refractivity contribution >= 4 is 27.5 Å². The summed E-state index contributed by atoms with van der Waals surface area (Å²) in [6.45, 7) is 3.23. The minimum atomic E-state index is -0.104. The number of aryl methyl sites for hydroxylation is 1. The number of carbonyl (C=O) groups excluding carboxylic acids is 1. The SMILES string of the molecule is Cc1c(C(=O)N2CCC(c3nc4ccccc4s3)CC2)cnn1-c1nc2c(c(=O)[nH]1)CCC2. The lowest BCUT2D eigenvalue weighted by molar-refractivity contribution is 0.0712. The van der Waals surface area contributed by atoms with Gasteiger partial charge in [-0.25, -0.2) is 14.6 Å². The Morgan fingerprint density at radius 1 is 1.15 bits per heavy atom. The monoisotopic (exact) mass is 460 g/mol. The summed E-state index contributed by atoms with van der Waals surface area (Å²) in [6.07, 6.45) is 5.92. The number of hydrogen-bond acceptors (Lipinski definition) is 6. The van der Waals surface area contributed by atoms with Gasteiger partial charge in [0.05, 0.1) is 38.4 Å². The van der Waals surface area contributed by atoms with E-state index in [4.69, 9.17) is 4.98 Å². The van der Waals surface area contributed by atoms with Gasteiger partial charge in [0, 0.05) is 24.6 Å². The Balaban J connectivity index is 1.19. The molecule has 2 aliphatic rings. The molecule has 4 heterocycles. The molecule has 168 valence electrons. The van der Waals surface area contributed by atoms with Crippen molar-refractivity contribution < 1.29 is 4.79 Å². The molecule has 0 atom stereocenters. The summed E-state index contributed by atoms with van der Waals surface area (Å²) < 4.78 is 2.79. The van der Waals surface area contributed by atoms with E-state index < -0.39 is 0 Å². The molecule has 4 aromatic rings. The lowest BCUT2D eigenvalue weighted by Crippen LogP contribution is -2.38. The van der Waals surface area contributed by atoms with Gasteiger partial charge in [-0.05, 0) is 51.2 Å². The highest BCUT2D eigenvalue weighted by Crippen LogP contribution is 2.34. The highest BCUT2D eigenvalue weighted by Gasteiger charge is 2.29. The molecule has 1 aliphatic carbocycles. The van der Waals surface area contributed by atoms with E-state index in [1.807, 2.05) is 24.0 Å². The Labute approximate surface area is 194 Å². The number of benzene rings is 1. The number of rotatable bonds is 3. The molecule has 0 bridgehead atoms. The van der Waals surface area contributed by atoms with Gasteiger partial charge in [0.25, 0.3) is 11.5 Å². The fourth-order valence-electron chi connectivity index (χ4n) is 4.93. The molecule has 1 aliphatic heterocycles. The smallest absolute Gasteiger partial charge is 0.257 e. The normalized spacial score (nSPS) is 16.5. The van der Waals surface area contributed by atoms with Crippen molar-refractivity contribution in [2.45, 2.75) is 44.9 Å². The van der Waals surface area contributed by atoms with Crippen molar-refractivity contribution in [2.75, 3.05) is 13.1 Å². The summed E-state index contributed by atoms with van der Waals surface area (Å²) in [4.78, 5) is 39.8. The Hall–Kier alpha value is -3.33. The fourth-order valence-corrected chi connectivity index (χ4v) is 6.06. The molecule has 0 saturated carbocycles. The molecule has 1 amide bonds. The summed E-state index contributed by atoms with van der Waals surface area (Å²) >= 11 is 1.76. The van der Waals surface area contributed by atoms with E-state index in [0.717, 1.165) is 48.9 Å². The molecule has 33 heavy (non-hydrogen) atoms. The zero-order valence-corrected chi connectivity index (χ0v) is 19.2. The van der Waals surface area contributed by atoms with Crippen LogP contribution in [0.1, 0.15) is 57.5 Å². The van der Waals surface area contributed by atoms with E-state index in [0.29, 0.717) is 36.2 Å². The number of nitrogens with one attached hydrogen (secondary N) is 1. The van der Waals surface area contributed by atoms with Crippen molar-refractivity contribution in [3.63, 3.8) is 0 Å². The van der Waals surface area contributed by atoms with Crippen LogP contribution in [0.15, 0.2) is 35.3 Å². The van der Waals surface area contributed by atoms with Crippen LogP contribution >= 0.6 is 11.3 Å². The number of likely N-dealkylation sites (tertiary alicyclic amines) is 1. The molecule has 0 unspecified atom stereocenters. The number of amides is 1. The lowest BCUT2D eigenvalue weighted by atomic mass is 9.97. The fraction of sp³-hybridized carbons (Fsp3) is 0.375. The van der Waals surface area contributed by atoms with Gasteiger partial charge in [-0.15, -0.1) is 11.3 Å². The van der Waals surface area contributed by atoms with Gasteiger partial charge in [0.2, 0.25) is 5.95 Å². The van der Waals surface area contributed by atoms with Gasteiger partial charge >= 0.3 is 0 Å². The largest absolute Gasteiger partial charge is 0.338 e. The maximum Gasteiger partial charge on any atom is 0.257 e. The van der Waals surface area contributed by atoms with Crippen molar-refractivity contribution in [1.29, 1.82) is 0 Å². The second-order valence-corrected chi connectivity index (χ2v) is 9.87. The van der Waals surface area contributed by atoms with E-state index in [2.05, 4.69) is 27.2 Å². The van der Waals surface area contributed by atoms with Crippen molar-refractivity contribution in [3.05, 3.63) is 68.3 Å². The summed E-state index contributed by atoms with van der Waals surface area (Å²) in [7, 11) is 0. The van der Waals surface area contributed by atoms with Crippen LogP contribution in [0.4, 0.5) is 0 Å². The number of piperidine rings is 1. The van der Waals surface area contributed by atoms with E-state index in [1.54, 1.807) is 22.2 Å². The molecule has 1 aromatic carbocycles. The van der Waals surface area contributed by atoms with Gasteiger partial charge < -0.3 is 4.90 Å². The van der Waals surface area contributed by atoms with Crippen LogP contribution in [0.2, 0.25) is 0 Å². The standard InChI is InChI=1S/C24H24N6O2S/c1-14-17(13-25-30(14)24-27-18-7-4-5-16(18)21(31)28-24)23(32)29-11-9-15(10-12-29)22-26-19-6-2-3-8-20(19)33-22/h2-3,6,8,13,15H,4-5,7,9-12H2,1H3,(H,27,28,31). The molecule has 0 spiro atoms. The topological polar surface area (TPSA) is 96.8 Å². The van der Waals surface area contributed by atoms with E-state index >= 15 is 0 Å². The van der Waals surface area contributed by atoms with Crippen LogP contribution in [-0.2, 0) is 12.8 Å². The summed E-state index contributed by atoms with van der Waals surface area (Å²) in [5, 5.41) is 5.55. The molecule has 0 radical (unpaired) electrons. The highest BCUT2D eigenvalue weighted by atomic mass is 32.1. The predicted octanol–water partition coefficient (Wildman–Crippen LogP) is 3.38. The third-order valence-electron chi connectivity index (χ3n) is 6.81. The van der Waals surface area contributed by atoms with E-state index in [9.17, 15) is 9.59 Å². The van der Waals surface area contributed by atoms with Gasteiger partial charge in [-0.1, -0.05) is 12.1 Å². The van der Waals surface area contributed by atoms with Crippen molar-refractivity contribution in [3.8, 4) is 5.95 Å². The van der Waals surface area contributed by atoms with Crippen LogP contribution in [-0.4, -0.2) is 48.6 Å². The Morgan fingerprint density at radius 3 is 2.79 bits per heavy atom. The second kappa shape index (κ2) is 7.91. The van der Waals surface area contributed by atoms with Crippen molar-refractivity contribution in [1.82, 2.24) is 29.6 Å². The number of nitrogens with zero attached hydrogens (tertiary/aromatic N) is 5. The number of para-hydroxylation sites is 1. The highest BCUT2D eigenvalue weighted by molar-refractivity contribution is 7.18. The number of thiazole rings is 1. The Kier molecular flexibility index (Phi) is 4.86. The molecule has 1 N–H and O–H groups in total. The Morgan fingerprint density at radius 2 is 1.97 bits per heavy atom. The van der Waals surface area contributed by atoms with Gasteiger partial charge in [0.15, 0.2) is 0 Å². The quantitative estimate of drug-likeness (QED) is 0.506. The maximum absolute atomic E-state index is 13.3. The van der Waals surface area contributed by atoms with Gasteiger partial charge in [-0.3, -0.25) is 14.6 Å². The maximum atomic E-state index is 13.3. The number of fused-ring (bicyclic) bond motifs is 2. The first-order valence-corrected chi connectivity index (χ1v) is 12.2. The molecule has 1 saturated heterocycles. The summed E-state index contributed by atoms with van der Waals surface area (Å²) in [5.41, 5.74) is 3.81. The molecular formula is C24H24N6O2S. The van der Waals surface area contributed by atoms with Gasteiger partial charge in [0.1, 0.15) is 0 Å². The number of H-pyrrole nitrogens is 1. The average molecular weight is 461 g/mol. The first-order chi connectivity index (χ1) is 16.1. The zero-order valence-electron chi connectivity index (χ0n) is 18.4. The summed E-state index contributed by atoms with van der Waals surface area (Å²) in [6, 6.07) is 8.22. The number of aromatic nitrogens is 5. The molecule has 9 heteroatoms. The molecule has 6 rings (SSSR count). The van der Waals surface area contributed by atoms with E-state index in [1.165, 1.54) is 9.71 Å². The third kappa shape index (κ3) is 3.47. The predicted molar refractivity (Wildman–Crippen MR) is 126 cm³/mol. The van der Waals surface area contributed by atoms with Crippen LogP contribution in [0.3, 0.4) is 0 Å². The second-order valence-electron chi connectivity index (χ2n) is 8.81. The van der Waals surface area contributed by atoms with Crippen LogP contribution in [0, 0.1) is 6.92 Å². The number of hydrogen-bond donors (Lipinski definition) is 1. The lowest BCUT2D eigenvalue weighted by Gasteiger charge is -2.31. The number of aromatic amines is 1. The third-order valence-corrected chi connectivity index (χ3v) is 8.01.